The van der Waals surface area contributed by atoms with E-state index in [9.17, 15) is 0 Å². The second-order valence-electron chi connectivity index (χ2n) is 3.32. The third kappa shape index (κ3) is 3.55. The summed E-state index contributed by atoms with van der Waals surface area (Å²) in [6.45, 7) is 0.428. The lowest BCUT2D eigenvalue weighted by Gasteiger charge is -2.05. The van der Waals surface area contributed by atoms with Crippen molar-refractivity contribution >= 4 is 22.6 Å². The van der Waals surface area contributed by atoms with Gasteiger partial charge in [0.1, 0.15) is 12.4 Å². The first-order valence-corrected chi connectivity index (χ1v) is 6.09. The first kappa shape index (κ1) is 12.1. The van der Waals surface area contributed by atoms with Crippen molar-refractivity contribution in [3.05, 3.63) is 45.8 Å². The minimum atomic E-state index is 0.383. The van der Waals surface area contributed by atoms with Crippen molar-refractivity contribution < 1.29 is 9.47 Å². The van der Waals surface area contributed by atoms with Crippen LogP contribution in [0.1, 0.15) is 5.56 Å². The number of hydrogen-bond donors (Lipinski definition) is 0. The van der Waals surface area contributed by atoms with Crippen molar-refractivity contribution in [2.24, 2.45) is 0 Å². The van der Waals surface area contributed by atoms with Gasteiger partial charge in [0.05, 0.1) is 7.11 Å². The monoisotopic (exact) mass is 342 g/mol. The lowest BCUT2D eigenvalue weighted by Crippen LogP contribution is -1.99. The van der Waals surface area contributed by atoms with Crippen molar-refractivity contribution in [2.75, 3.05) is 7.11 Å². The molecule has 17 heavy (non-hydrogen) atoms. The summed E-state index contributed by atoms with van der Waals surface area (Å²) < 4.78 is 11.6. The Kier molecular flexibility index (Phi) is 4.13. The molecule has 0 fully saturated rings. The van der Waals surface area contributed by atoms with Gasteiger partial charge in [-0.1, -0.05) is 12.1 Å². The fourth-order valence-corrected chi connectivity index (χ4v) is 1.56. The molecule has 0 spiro atoms. The van der Waals surface area contributed by atoms with Crippen LogP contribution in [0, 0.1) is 3.57 Å². The SMILES string of the molecule is COc1cccc(COc2ncc(I)cn2)c1. The largest absolute Gasteiger partial charge is 0.497 e. The quantitative estimate of drug-likeness (QED) is 0.802. The van der Waals surface area contributed by atoms with Gasteiger partial charge >= 0.3 is 6.01 Å². The maximum absolute atomic E-state index is 5.47. The van der Waals surface area contributed by atoms with Crippen LogP contribution in [0.15, 0.2) is 36.7 Å². The number of rotatable bonds is 4. The average Bonchev–Trinajstić information content (AvgIpc) is 2.38. The highest BCUT2D eigenvalue weighted by atomic mass is 127. The zero-order valence-electron chi connectivity index (χ0n) is 9.26. The first-order valence-electron chi connectivity index (χ1n) is 5.01. The number of ether oxygens (including phenoxy) is 2. The van der Waals surface area contributed by atoms with Crippen LogP contribution in [0.4, 0.5) is 0 Å². The Hall–Kier alpha value is -1.37. The molecule has 0 saturated carbocycles. The van der Waals surface area contributed by atoms with Crippen molar-refractivity contribution in [3.8, 4) is 11.8 Å². The Bertz CT molecular complexity index is 488. The van der Waals surface area contributed by atoms with Crippen LogP contribution in [0.3, 0.4) is 0 Å². The Morgan fingerprint density at radius 1 is 1.24 bits per heavy atom. The van der Waals surface area contributed by atoms with Crippen LogP contribution in [-0.2, 0) is 6.61 Å². The fourth-order valence-electron chi connectivity index (χ4n) is 1.29. The van der Waals surface area contributed by atoms with E-state index in [0.29, 0.717) is 12.6 Å². The van der Waals surface area contributed by atoms with Crippen LogP contribution in [0.2, 0.25) is 0 Å². The fraction of sp³-hybridized carbons (Fsp3) is 0.167. The van der Waals surface area contributed by atoms with Gasteiger partial charge in [0.2, 0.25) is 0 Å². The predicted molar refractivity (Wildman–Crippen MR) is 72.1 cm³/mol. The minimum absolute atomic E-state index is 0.383. The second-order valence-corrected chi connectivity index (χ2v) is 4.57. The lowest BCUT2D eigenvalue weighted by molar-refractivity contribution is 0.279. The van der Waals surface area contributed by atoms with E-state index in [4.69, 9.17) is 9.47 Å². The average molecular weight is 342 g/mol. The van der Waals surface area contributed by atoms with Crippen LogP contribution < -0.4 is 9.47 Å². The molecule has 2 aromatic rings. The predicted octanol–water partition coefficient (Wildman–Crippen LogP) is 2.67. The summed E-state index contributed by atoms with van der Waals surface area (Å²) in [7, 11) is 1.64. The number of nitrogens with zero attached hydrogens (tertiary/aromatic N) is 2. The first-order chi connectivity index (χ1) is 8.28. The summed E-state index contributed by atoms with van der Waals surface area (Å²) in [4.78, 5) is 8.13. The second kappa shape index (κ2) is 5.81. The Morgan fingerprint density at radius 3 is 2.71 bits per heavy atom. The van der Waals surface area contributed by atoms with E-state index in [0.717, 1.165) is 14.9 Å². The topological polar surface area (TPSA) is 44.2 Å². The molecule has 0 saturated heterocycles. The molecule has 0 bridgehead atoms. The smallest absolute Gasteiger partial charge is 0.316 e. The molecule has 0 atom stereocenters. The third-order valence-corrected chi connectivity index (χ3v) is 2.66. The molecule has 1 heterocycles. The van der Waals surface area contributed by atoms with Crippen molar-refractivity contribution in [2.45, 2.75) is 6.61 Å². The molecule has 0 radical (unpaired) electrons. The van der Waals surface area contributed by atoms with Gasteiger partial charge < -0.3 is 9.47 Å². The molecule has 0 N–H and O–H groups in total. The molecule has 0 unspecified atom stereocenters. The highest BCUT2D eigenvalue weighted by Gasteiger charge is 2.00. The number of halogens is 1. The van der Waals surface area contributed by atoms with E-state index in [2.05, 4.69) is 32.6 Å². The van der Waals surface area contributed by atoms with Crippen molar-refractivity contribution in [3.63, 3.8) is 0 Å². The van der Waals surface area contributed by atoms with E-state index < -0.39 is 0 Å². The summed E-state index contributed by atoms with van der Waals surface area (Å²) >= 11 is 2.15. The molecule has 5 heteroatoms. The van der Waals surface area contributed by atoms with E-state index in [1.165, 1.54) is 0 Å². The van der Waals surface area contributed by atoms with Crippen molar-refractivity contribution in [1.82, 2.24) is 9.97 Å². The number of methoxy groups -OCH3 is 1. The highest BCUT2D eigenvalue weighted by molar-refractivity contribution is 14.1. The Labute approximate surface area is 113 Å². The van der Waals surface area contributed by atoms with Gasteiger partial charge in [-0.2, -0.15) is 0 Å². The Balaban J connectivity index is 1.99. The molecule has 0 aliphatic carbocycles. The van der Waals surface area contributed by atoms with Gasteiger partial charge in [-0.3, -0.25) is 0 Å². The van der Waals surface area contributed by atoms with Crippen LogP contribution in [-0.4, -0.2) is 17.1 Å². The molecule has 0 aliphatic heterocycles. The Morgan fingerprint density at radius 2 is 2.00 bits per heavy atom. The summed E-state index contributed by atoms with van der Waals surface area (Å²) in [5.74, 6) is 0.814. The number of aromatic nitrogens is 2. The highest BCUT2D eigenvalue weighted by Crippen LogP contribution is 2.14. The summed E-state index contributed by atoms with van der Waals surface area (Å²) in [5, 5.41) is 0. The molecule has 88 valence electrons. The van der Waals surface area contributed by atoms with E-state index in [1.54, 1.807) is 19.5 Å². The molecule has 2 rings (SSSR count). The standard InChI is InChI=1S/C12H11IN2O2/c1-16-11-4-2-3-9(5-11)8-17-12-14-6-10(13)7-15-12/h2-7H,8H2,1H3. The van der Waals surface area contributed by atoms with E-state index in [1.807, 2.05) is 24.3 Å². The maximum atomic E-state index is 5.47. The maximum Gasteiger partial charge on any atom is 0.316 e. The molecular formula is C12H11IN2O2. The van der Waals surface area contributed by atoms with Crippen LogP contribution >= 0.6 is 22.6 Å². The molecule has 0 amide bonds. The zero-order valence-corrected chi connectivity index (χ0v) is 11.4. The van der Waals surface area contributed by atoms with Gasteiger partial charge in [0, 0.05) is 16.0 Å². The van der Waals surface area contributed by atoms with Gasteiger partial charge in [-0.25, -0.2) is 9.97 Å². The molecule has 1 aromatic carbocycles. The van der Waals surface area contributed by atoms with Gasteiger partial charge in [0.25, 0.3) is 0 Å². The molecule has 0 aliphatic rings. The van der Waals surface area contributed by atoms with Gasteiger partial charge in [-0.15, -0.1) is 0 Å². The van der Waals surface area contributed by atoms with Crippen LogP contribution in [0.25, 0.3) is 0 Å². The molecule has 4 nitrogen and oxygen atoms in total. The normalized spacial score (nSPS) is 10.0. The minimum Gasteiger partial charge on any atom is -0.497 e. The summed E-state index contributed by atoms with van der Waals surface area (Å²) in [5.41, 5.74) is 1.02. The summed E-state index contributed by atoms with van der Waals surface area (Å²) in [6.07, 6.45) is 3.43. The van der Waals surface area contributed by atoms with Crippen molar-refractivity contribution in [1.29, 1.82) is 0 Å². The van der Waals surface area contributed by atoms with E-state index >= 15 is 0 Å². The van der Waals surface area contributed by atoms with Gasteiger partial charge in [0.15, 0.2) is 0 Å². The lowest BCUT2D eigenvalue weighted by atomic mass is 10.2. The number of hydrogen-bond acceptors (Lipinski definition) is 4. The third-order valence-electron chi connectivity index (χ3n) is 2.10. The number of benzene rings is 1. The molecule has 1 aromatic heterocycles. The molecular weight excluding hydrogens is 331 g/mol. The summed E-state index contributed by atoms with van der Waals surface area (Å²) in [6, 6.07) is 8.09. The van der Waals surface area contributed by atoms with Gasteiger partial charge in [-0.05, 0) is 40.3 Å². The zero-order chi connectivity index (χ0) is 12.1. The van der Waals surface area contributed by atoms with E-state index in [-0.39, 0.29) is 0 Å². The van der Waals surface area contributed by atoms with Crippen LogP contribution in [0.5, 0.6) is 11.8 Å².